The van der Waals surface area contributed by atoms with Gasteiger partial charge in [0.2, 0.25) is 11.7 Å². The Labute approximate surface area is 91.2 Å². The van der Waals surface area contributed by atoms with Crippen LogP contribution in [0.3, 0.4) is 0 Å². The van der Waals surface area contributed by atoms with Crippen molar-refractivity contribution >= 4 is 17.0 Å². The van der Waals surface area contributed by atoms with Gasteiger partial charge in [-0.15, -0.1) is 0 Å². The van der Waals surface area contributed by atoms with Crippen molar-refractivity contribution in [2.24, 2.45) is 0 Å². The Bertz CT molecular complexity index is 619. The molecule has 0 aliphatic heterocycles. The summed E-state index contributed by atoms with van der Waals surface area (Å²) in [5, 5.41) is 4.82. The summed E-state index contributed by atoms with van der Waals surface area (Å²) >= 11 is 0. The van der Waals surface area contributed by atoms with Crippen LogP contribution >= 0.6 is 0 Å². The molecule has 0 aliphatic carbocycles. The van der Waals surface area contributed by atoms with Gasteiger partial charge in [-0.1, -0.05) is 29.9 Å². The largest absolute Gasteiger partial charge is 0.453 e. The molecule has 2 aromatic heterocycles. The van der Waals surface area contributed by atoms with Crippen LogP contribution < -0.4 is 0 Å². The van der Waals surface area contributed by atoms with E-state index in [0.717, 1.165) is 11.0 Å². The molecule has 0 unspecified atom stereocenters. The predicted molar refractivity (Wildman–Crippen MR) is 59.6 cm³/mol. The fourth-order valence-electron chi connectivity index (χ4n) is 1.51. The smallest absolute Gasteiger partial charge is 0.250 e. The Morgan fingerprint density at radius 1 is 1.25 bits per heavy atom. The molecule has 0 N–H and O–H groups in total. The zero-order valence-corrected chi connectivity index (χ0v) is 8.38. The average molecular weight is 212 g/mol. The van der Waals surface area contributed by atoms with Gasteiger partial charge in [-0.2, -0.15) is 4.98 Å². The minimum absolute atomic E-state index is 0.385. The summed E-state index contributed by atoms with van der Waals surface area (Å²) in [6, 6.07) is 9.62. The lowest BCUT2D eigenvalue weighted by molar-refractivity contribution is 0.409. The van der Waals surface area contributed by atoms with Crippen LogP contribution in [0.2, 0.25) is 0 Å². The van der Waals surface area contributed by atoms with Crippen LogP contribution in [0.1, 0.15) is 5.89 Å². The third kappa shape index (κ3) is 1.32. The molecule has 1 aromatic carbocycles. The Morgan fingerprint density at radius 2 is 2.12 bits per heavy atom. The number of benzene rings is 1. The zero-order valence-electron chi connectivity index (χ0n) is 8.38. The molecule has 78 valence electrons. The fourth-order valence-corrected chi connectivity index (χ4v) is 1.51. The Hall–Kier alpha value is -2.36. The van der Waals surface area contributed by atoms with E-state index in [1.165, 1.54) is 6.08 Å². The summed E-state index contributed by atoms with van der Waals surface area (Å²) in [7, 11) is 0. The summed E-state index contributed by atoms with van der Waals surface area (Å²) in [5.41, 5.74) is 0.808. The topological polar surface area (TPSA) is 52.1 Å². The third-order valence-electron chi connectivity index (χ3n) is 2.26. The SMILES string of the molecule is C=Cc1nc(-c2cc3ccccc3o2)no1. The first kappa shape index (κ1) is 8.91. The van der Waals surface area contributed by atoms with Crippen LogP contribution in [0.15, 0.2) is 45.9 Å². The van der Waals surface area contributed by atoms with Crippen molar-refractivity contribution in [3.05, 3.63) is 42.8 Å². The lowest BCUT2D eigenvalue weighted by Crippen LogP contribution is -1.75. The molecule has 2 heterocycles. The Kier molecular flexibility index (Phi) is 1.86. The molecule has 4 heteroatoms. The minimum atomic E-state index is 0.385. The highest BCUT2D eigenvalue weighted by Crippen LogP contribution is 2.25. The van der Waals surface area contributed by atoms with Gasteiger partial charge >= 0.3 is 0 Å². The molecule has 0 spiro atoms. The molecule has 0 bridgehead atoms. The minimum Gasteiger partial charge on any atom is -0.453 e. The predicted octanol–water partition coefficient (Wildman–Crippen LogP) is 3.13. The number of hydrogen-bond acceptors (Lipinski definition) is 4. The second kappa shape index (κ2) is 3.34. The first-order valence-corrected chi connectivity index (χ1v) is 4.82. The third-order valence-corrected chi connectivity index (χ3v) is 2.26. The summed E-state index contributed by atoms with van der Waals surface area (Å²) in [4.78, 5) is 4.10. The van der Waals surface area contributed by atoms with Gasteiger partial charge < -0.3 is 8.94 Å². The molecule has 0 radical (unpaired) electrons. The molecular formula is C12H8N2O2. The standard InChI is InChI=1S/C12H8N2O2/c1-2-11-13-12(14-16-11)10-7-8-5-3-4-6-9(8)15-10/h2-7H,1H2. The van der Waals surface area contributed by atoms with Crippen molar-refractivity contribution in [1.29, 1.82) is 0 Å². The molecule has 0 amide bonds. The van der Waals surface area contributed by atoms with E-state index in [2.05, 4.69) is 16.7 Å². The molecular weight excluding hydrogens is 204 g/mol. The quantitative estimate of drug-likeness (QED) is 0.654. The molecule has 0 atom stereocenters. The van der Waals surface area contributed by atoms with E-state index in [0.29, 0.717) is 17.5 Å². The number of hydrogen-bond donors (Lipinski definition) is 0. The fraction of sp³-hybridized carbons (Fsp3) is 0. The van der Waals surface area contributed by atoms with Gasteiger partial charge in [0.25, 0.3) is 0 Å². The van der Waals surface area contributed by atoms with E-state index >= 15 is 0 Å². The molecule has 0 saturated heterocycles. The first-order valence-electron chi connectivity index (χ1n) is 4.82. The highest BCUT2D eigenvalue weighted by molar-refractivity contribution is 5.81. The van der Waals surface area contributed by atoms with Crippen molar-refractivity contribution in [3.63, 3.8) is 0 Å². The van der Waals surface area contributed by atoms with E-state index in [9.17, 15) is 0 Å². The van der Waals surface area contributed by atoms with Crippen molar-refractivity contribution < 1.29 is 8.94 Å². The van der Waals surface area contributed by atoms with Crippen molar-refractivity contribution in [3.8, 4) is 11.6 Å². The number of fused-ring (bicyclic) bond motifs is 1. The van der Waals surface area contributed by atoms with E-state index in [1.807, 2.05) is 30.3 Å². The highest BCUT2D eigenvalue weighted by atomic mass is 16.5. The van der Waals surface area contributed by atoms with Crippen LogP contribution in [0.25, 0.3) is 28.6 Å². The Morgan fingerprint density at radius 3 is 2.88 bits per heavy atom. The van der Waals surface area contributed by atoms with E-state index < -0.39 is 0 Å². The molecule has 0 aliphatic rings. The maximum atomic E-state index is 5.59. The van der Waals surface area contributed by atoms with Gasteiger partial charge in [-0.25, -0.2) is 0 Å². The van der Waals surface area contributed by atoms with E-state index in [1.54, 1.807) is 0 Å². The number of furan rings is 1. The Balaban J connectivity index is 2.14. The second-order valence-corrected chi connectivity index (χ2v) is 3.31. The maximum Gasteiger partial charge on any atom is 0.250 e. The molecule has 4 nitrogen and oxygen atoms in total. The van der Waals surface area contributed by atoms with Crippen LogP contribution in [-0.4, -0.2) is 10.1 Å². The molecule has 3 rings (SSSR count). The van der Waals surface area contributed by atoms with Gasteiger partial charge in [0.05, 0.1) is 0 Å². The zero-order chi connectivity index (χ0) is 11.0. The average Bonchev–Trinajstić information content (AvgIpc) is 2.95. The number of para-hydroxylation sites is 1. The van der Waals surface area contributed by atoms with Crippen LogP contribution in [0, 0.1) is 0 Å². The second-order valence-electron chi connectivity index (χ2n) is 3.31. The number of nitrogens with zero attached hydrogens (tertiary/aromatic N) is 2. The first-order chi connectivity index (χ1) is 7.86. The van der Waals surface area contributed by atoms with Gasteiger partial charge in [0.1, 0.15) is 5.58 Å². The van der Waals surface area contributed by atoms with E-state index in [4.69, 9.17) is 8.94 Å². The summed E-state index contributed by atoms with van der Waals surface area (Å²) in [6.07, 6.45) is 1.50. The van der Waals surface area contributed by atoms with Crippen molar-refractivity contribution in [2.75, 3.05) is 0 Å². The van der Waals surface area contributed by atoms with Gasteiger partial charge in [0.15, 0.2) is 5.76 Å². The lowest BCUT2D eigenvalue weighted by atomic mass is 10.2. The molecule has 0 fully saturated rings. The number of rotatable bonds is 2. The van der Waals surface area contributed by atoms with Crippen LogP contribution in [0.5, 0.6) is 0 Å². The summed E-state index contributed by atoms with van der Waals surface area (Å²) < 4.78 is 10.5. The summed E-state index contributed by atoms with van der Waals surface area (Å²) in [5.74, 6) is 1.42. The summed E-state index contributed by atoms with van der Waals surface area (Å²) in [6.45, 7) is 3.55. The maximum absolute atomic E-state index is 5.59. The van der Waals surface area contributed by atoms with Crippen LogP contribution in [0.4, 0.5) is 0 Å². The van der Waals surface area contributed by atoms with Gasteiger partial charge in [-0.3, -0.25) is 0 Å². The molecule has 16 heavy (non-hydrogen) atoms. The lowest BCUT2D eigenvalue weighted by Gasteiger charge is -1.84. The van der Waals surface area contributed by atoms with Gasteiger partial charge in [0, 0.05) is 5.39 Å². The number of aromatic nitrogens is 2. The van der Waals surface area contributed by atoms with Crippen molar-refractivity contribution in [1.82, 2.24) is 10.1 Å². The molecule has 3 aromatic rings. The monoisotopic (exact) mass is 212 g/mol. The molecule has 0 saturated carbocycles. The van der Waals surface area contributed by atoms with E-state index in [-0.39, 0.29) is 0 Å². The highest BCUT2D eigenvalue weighted by Gasteiger charge is 2.11. The van der Waals surface area contributed by atoms with Crippen molar-refractivity contribution in [2.45, 2.75) is 0 Å². The normalized spacial score (nSPS) is 10.8. The van der Waals surface area contributed by atoms with Gasteiger partial charge in [-0.05, 0) is 18.2 Å². The van der Waals surface area contributed by atoms with Crippen LogP contribution in [-0.2, 0) is 0 Å².